The SMILES string of the molecule is CC1NCCN(S(=O)(=O)c2cnn(-c3ccccc3)c2)C1C. The molecule has 0 radical (unpaired) electrons. The highest BCUT2D eigenvalue weighted by molar-refractivity contribution is 7.89. The first kappa shape index (κ1) is 15.2. The predicted octanol–water partition coefficient (Wildman–Crippen LogP) is 1.24. The van der Waals surface area contributed by atoms with E-state index in [1.165, 1.54) is 6.20 Å². The van der Waals surface area contributed by atoms with Crippen LogP contribution in [-0.2, 0) is 10.0 Å². The highest BCUT2D eigenvalue weighted by atomic mass is 32.2. The van der Waals surface area contributed by atoms with Crippen LogP contribution in [0.25, 0.3) is 5.69 Å². The Bertz CT molecular complexity index is 742. The highest BCUT2D eigenvalue weighted by Crippen LogP contribution is 2.21. The summed E-state index contributed by atoms with van der Waals surface area (Å²) in [5, 5.41) is 7.48. The summed E-state index contributed by atoms with van der Waals surface area (Å²) in [6.45, 7) is 5.07. The number of sulfonamides is 1. The molecular weight excluding hydrogens is 300 g/mol. The quantitative estimate of drug-likeness (QED) is 0.924. The lowest BCUT2D eigenvalue weighted by Crippen LogP contribution is -2.56. The second kappa shape index (κ2) is 5.83. The van der Waals surface area contributed by atoms with Crippen LogP contribution in [0.3, 0.4) is 0 Å². The molecule has 2 unspecified atom stereocenters. The van der Waals surface area contributed by atoms with Crippen LogP contribution < -0.4 is 5.32 Å². The molecule has 1 fully saturated rings. The van der Waals surface area contributed by atoms with Crippen molar-refractivity contribution in [1.29, 1.82) is 0 Å². The van der Waals surface area contributed by atoms with Crippen molar-refractivity contribution in [3.63, 3.8) is 0 Å². The molecule has 0 saturated carbocycles. The van der Waals surface area contributed by atoms with Crippen LogP contribution in [0, 0.1) is 0 Å². The van der Waals surface area contributed by atoms with Crippen LogP contribution >= 0.6 is 0 Å². The van der Waals surface area contributed by atoms with Gasteiger partial charge in [-0.2, -0.15) is 9.40 Å². The minimum atomic E-state index is -3.52. The summed E-state index contributed by atoms with van der Waals surface area (Å²) >= 11 is 0. The second-order valence-corrected chi connectivity index (χ2v) is 7.45. The molecular formula is C15H20N4O2S. The van der Waals surface area contributed by atoms with Gasteiger partial charge in [0.2, 0.25) is 10.0 Å². The fourth-order valence-corrected chi connectivity index (χ4v) is 4.30. The summed E-state index contributed by atoms with van der Waals surface area (Å²) in [6.07, 6.45) is 2.99. The average Bonchev–Trinajstić information content (AvgIpc) is 3.01. The smallest absolute Gasteiger partial charge is 0.246 e. The number of para-hydroxylation sites is 1. The number of nitrogens with one attached hydrogen (secondary N) is 1. The Balaban J connectivity index is 1.92. The summed E-state index contributed by atoms with van der Waals surface area (Å²) < 4.78 is 28.8. The molecule has 1 aromatic heterocycles. The van der Waals surface area contributed by atoms with E-state index in [1.807, 2.05) is 44.2 Å². The van der Waals surface area contributed by atoms with Crippen molar-refractivity contribution in [2.24, 2.45) is 0 Å². The average molecular weight is 320 g/mol. The lowest BCUT2D eigenvalue weighted by molar-refractivity contribution is 0.233. The third-order valence-corrected chi connectivity index (χ3v) is 6.10. The number of nitrogens with zero attached hydrogens (tertiary/aromatic N) is 3. The van der Waals surface area contributed by atoms with E-state index in [0.717, 1.165) is 5.69 Å². The fourth-order valence-electron chi connectivity index (χ4n) is 2.66. The van der Waals surface area contributed by atoms with Crippen LogP contribution in [0.15, 0.2) is 47.6 Å². The van der Waals surface area contributed by atoms with Crippen molar-refractivity contribution in [1.82, 2.24) is 19.4 Å². The highest BCUT2D eigenvalue weighted by Gasteiger charge is 2.35. The number of hydrogen-bond acceptors (Lipinski definition) is 4. The van der Waals surface area contributed by atoms with E-state index < -0.39 is 10.0 Å². The van der Waals surface area contributed by atoms with Gasteiger partial charge in [0.05, 0.1) is 18.1 Å². The molecule has 1 aromatic carbocycles. The van der Waals surface area contributed by atoms with Gasteiger partial charge in [-0.3, -0.25) is 0 Å². The molecule has 2 atom stereocenters. The van der Waals surface area contributed by atoms with E-state index >= 15 is 0 Å². The second-order valence-electron chi connectivity index (χ2n) is 5.56. The maximum atomic E-state index is 12.8. The molecule has 0 spiro atoms. The molecule has 1 aliphatic heterocycles. The molecule has 0 aliphatic carbocycles. The Morgan fingerprint density at radius 1 is 1.23 bits per heavy atom. The van der Waals surface area contributed by atoms with E-state index in [1.54, 1.807) is 15.2 Å². The molecule has 0 amide bonds. The maximum absolute atomic E-state index is 12.8. The van der Waals surface area contributed by atoms with Gasteiger partial charge in [0.25, 0.3) is 0 Å². The number of rotatable bonds is 3. The van der Waals surface area contributed by atoms with Gasteiger partial charge < -0.3 is 5.32 Å². The third-order valence-electron chi connectivity index (χ3n) is 4.16. The number of benzene rings is 1. The molecule has 1 N–H and O–H groups in total. The van der Waals surface area contributed by atoms with E-state index in [9.17, 15) is 8.42 Å². The molecule has 1 saturated heterocycles. The summed E-state index contributed by atoms with van der Waals surface area (Å²) in [7, 11) is -3.52. The van der Waals surface area contributed by atoms with Crippen molar-refractivity contribution in [2.45, 2.75) is 30.8 Å². The normalized spacial score (nSPS) is 23.5. The standard InChI is InChI=1S/C15H20N4O2S/c1-12-13(2)19(9-8-16-12)22(20,21)15-10-17-18(11-15)14-6-4-3-5-7-14/h3-7,10-13,16H,8-9H2,1-2H3. The van der Waals surface area contributed by atoms with Gasteiger partial charge >= 0.3 is 0 Å². The van der Waals surface area contributed by atoms with Gasteiger partial charge in [-0.1, -0.05) is 18.2 Å². The van der Waals surface area contributed by atoms with Crippen LogP contribution in [0.4, 0.5) is 0 Å². The first-order chi connectivity index (χ1) is 10.5. The van der Waals surface area contributed by atoms with Crippen LogP contribution in [0.1, 0.15) is 13.8 Å². The minimum Gasteiger partial charge on any atom is -0.311 e. The van der Waals surface area contributed by atoms with Gasteiger partial charge in [0, 0.05) is 25.2 Å². The summed E-state index contributed by atoms with van der Waals surface area (Å²) in [5.41, 5.74) is 0.839. The zero-order valence-electron chi connectivity index (χ0n) is 12.7. The first-order valence-electron chi connectivity index (χ1n) is 7.35. The molecule has 0 bridgehead atoms. The predicted molar refractivity (Wildman–Crippen MR) is 84.4 cm³/mol. The number of aromatic nitrogens is 2. The Labute approximate surface area is 130 Å². The zero-order chi connectivity index (χ0) is 15.7. The molecule has 6 nitrogen and oxygen atoms in total. The summed E-state index contributed by atoms with van der Waals surface area (Å²) in [4.78, 5) is 0.234. The fraction of sp³-hybridized carbons (Fsp3) is 0.400. The van der Waals surface area contributed by atoms with Crippen molar-refractivity contribution in [2.75, 3.05) is 13.1 Å². The van der Waals surface area contributed by atoms with Gasteiger partial charge in [0.15, 0.2) is 0 Å². The van der Waals surface area contributed by atoms with Gasteiger partial charge in [-0.15, -0.1) is 0 Å². The van der Waals surface area contributed by atoms with Crippen LogP contribution in [0.2, 0.25) is 0 Å². The van der Waals surface area contributed by atoms with Crippen molar-refractivity contribution in [3.05, 3.63) is 42.7 Å². The summed E-state index contributed by atoms with van der Waals surface area (Å²) in [6, 6.07) is 9.52. The largest absolute Gasteiger partial charge is 0.311 e. The lowest BCUT2D eigenvalue weighted by Gasteiger charge is -2.37. The van der Waals surface area contributed by atoms with Crippen molar-refractivity contribution >= 4 is 10.0 Å². The first-order valence-corrected chi connectivity index (χ1v) is 8.79. The number of piperazine rings is 1. The lowest BCUT2D eigenvalue weighted by atomic mass is 10.1. The molecule has 2 heterocycles. The van der Waals surface area contributed by atoms with Gasteiger partial charge in [-0.05, 0) is 26.0 Å². The van der Waals surface area contributed by atoms with Crippen LogP contribution in [-0.4, -0.2) is 47.7 Å². The Morgan fingerprint density at radius 3 is 2.68 bits per heavy atom. The minimum absolute atomic E-state index is 0.0844. The Hall–Kier alpha value is -1.70. The van der Waals surface area contributed by atoms with Crippen LogP contribution in [0.5, 0.6) is 0 Å². The van der Waals surface area contributed by atoms with Crippen molar-refractivity contribution in [3.8, 4) is 5.69 Å². The van der Waals surface area contributed by atoms with Crippen molar-refractivity contribution < 1.29 is 8.42 Å². The molecule has 118 valence electrons. The number of hydrogen-bond donors (Lipinski definition) is 1. The van der Waals surface area contributed by atoms with Gasteiger partial charge in [-0.25, -0.2) is 13.1 Å². The molecule has 2 aromatic rings. The monoisotopic (exact) mass is 320 g/mol. The van der Waals surface area contributed by atoms with E-state index in [4.69, 9.17) is 0 Å². The topological polar surface area (TPSA) is 67.2 Å². The summed E-state index contributed by atoms with van der Waals surface area (Å²) in [5.74, 6) is 0. The zero-order valence-corrected chi connectivity index (χ0v) is 13.5. The van der Waals surface area contributed by atoms with E-state index in [0.29, 0.717) is 13.1 Å². The Kier molecular flexibility index (Phi) is 4.03. The Morgan fingerprint density at radius 2 is 1.95 bits per heavy atom. The third kappa shape index (κ3) is 2.67. The molecule has 1 aliphatic rings. The van der Waals surface area contributed by atoms with E-state index in [2.05, 4.69) is 10.4 Å². The van der Waals surface area contributed by atoms with E-state index in [-0.39, 0.29) is 17.0 Å². The molecule has 22 heavy (non-hydrogen) atoms. The molecule has 7 heteroatoms. The van der Waals surface area contributed by atoms with Gasteiger partial charge in [0.1, 0.15) is 4.90 Å². The molecule has 3 rings (SSSR count). The maximum Gasteiger partial charge on any atom is 0.246 e.